The van der Waals surface area contributed by atoms with E-state index in [1.165, 1.54) is 24.3 Å². The molecule has 1 N–H and O–H groups in total. The zero-order valence-electron chi connectivity index (χ0n) is 17.1. The molecule has 4 rings (SSSR count). The Bertz CT molecular complexity index is 884. The van der Waals surface area contributed by atoms with E-state index >= 15 is 0 Å². The van der Waals surface area contributed by atoms with E-state index in [4.69, 9.17) is 4.74 Å². The number of halogens is 1. The maximum atomic E-state index is 13.1. The van der Waals surface area contributed by atoms with Gasteiger partial charge >= 0.3 is 0 Å². The number of amides is 2. The number of nitrogens with one attached hydrogen (secondary N) is 1. The molecule has 2 bridgehead atoms. The van der Waals surface area contributed by atoms with Crippen LogP contribution in [0, 0.1) is 5.82 Å². The van der Waals surface area contributed by atoms with E-state index in [1.807, 2.05) is 24.3 Å². The molecular formula is C24H27FN2O3. The van der Waals surface area contributed by atoms with Gasteiger partial charge in [-0.1, -0.05) is 12.1 Å². The van der Waals surface area contributed by atoms with E-state index in [-0.39, 0.29) is 35.8 Å². The first-order valence-electron chi connectivity index (χ1n) is 10.5. The van der Waals surface area contributed by atoms with Crippen LogP contribution in [0.1, 0.15) is 48.0 Å². The van der Waals surface area contributed by atoms with Crippen LogP contribution >= 0.6 is 0 Å². The molecule has 158 valence electrons. The number of hydrogen-bond acceptors (Lipinski definition) is 3. The molecule has 2 unspecified atom stereocenters. The number of carbonyl (C=O) groups excluding carboxylic acids is 2. The van der Waals surface area contributed by atoms with Gasteiger partial charge in [0.15, 0.2) is 0 Å². The second-order valence-corrected chi connectivity index (χ2v) is 8.18. The Morgan fingerprint density at radius 3 is 2.27 bits per heavy atom. The van der Waals surface area contributed by atoms with Gasteiger partial charge in [0.05, 0.1) is 7.11 Å². The van der Waals surface area contributed by atoms with Crippen molar-refractivity contribution in [3.8, 4) is 5.75 Å². The predicted octanol–water partition coefficient (Wildman–Crippen LogP) is 3.72. The summed E-state index contributed by atoms with van der Waals surface area (Å²) in [4.78, 5) is 27.4. The Hall–Kier alpha value is -2.89. The van der Waals surface area contributed by atoms with Gasteiger partial charge < -0.3 is 15.0 Å². The summed E-state index contributed by atoms with van der Waals surface area (Å²) in [5, 5.41) is 3.07. The lowest BCUT2D eigenvalue weighted by molar-refractivity contribution is -0.135. The number of rotatable bonds is 6. The third-order valence-corrected chi connectivity index (χ3v) is 6.25. The SMILES string of the molecule is COc1ccc(CCC(=O)N2C3CCC2CC(NC(=O)c2ccc(F)cc2)C3)cc1. The van der Waals surface area contributed by atoms with E-state index in [0.717, 1.165) is 37.0 Å². The van der Waals surface area contributed by atoms with Crippen molar-refractivity contribution in [2.75, 3.05) is 7.11 Å². The molecule has 0 spiro atoms. The minimum atomic E-state index is -0.356. The number of fused-ring (bicyclic) bond motifs is 2. The summed E-state index contributed by atoms with van der Waals surface area (Å²) in [5.41, 5.74) is 1.58. The van der Waals surface area contributed by atoms with Crippen molar-refractivity contribution in [3.05, 3.63) is 65.5 Å². The van der Waals surface area contributed by atoms with Crippen LogP contribution in [0.25, 0.3) is 0 Å². The van der Waals surface area contributed by atoms with Crippen LogP contribution in [0.3, 0.4) is 0 Å². The maximum absolute atomic E-state index is 13.1. The second-order valence-electron chi connectivity index (χ2n) is 8.18. The van der Waals surface area contributed by atoms with Crippen LogP contribution in [0.15, 0.2) is 48.5 Å². The van der Waals surface area contributed by atoms with Gasteiger partial charge in [0.1, 0.15) is 11.6 Å². The van der Waals surface area contributed by atoms with Crippen molar-refractivity contribution in [3.63, 3.8) is 0 Å². The fourth-order valence-corrected chi connectivity index (χ4v) is 4.74. The monoisotopic (exact) mass is 410 g/mol. The van der Waals surface area contributed by atoms with Crippen LogP contribution in [0.2, 0.25) is 0 Å². The molecule has 2 saturated heterocycles. The highest BCUT2D eigenvalue weighted by Gasteiger charge is 2.43. The van der Waals surface area contributed by atoms with Crippen molar-refractivity contribution < 1.29 is 18.7 Å². The normalized spacial score (nSPS) is 22.6. The Kier molecular flexibility index (Phi) is 6.02. The lowest BCUT2D eigenvalue weighted by Crippen LogP contribution is -2.52. The number of benzene rings is 2. The molecule has 6 heteroatoms. The van der Waals surface area contributed by atoms with Gasteiger partial charge in [-0.2, -0.15) is 0 Å². The van der Waals surface area contributed by atoms with Crippen LogP contribution in [-0.4, -0.2) is 41.9 Å². The average molecular weight is 410 g/mol. The number of aryl methyl sites for hydroxylation is 1. The molecule has 2 aromatic rings. The molecule has 2 aliphatic heterocycles. The first-order valence-corrected chi connectivity index (χ1v) is 10.5. The van der Waals surface area contributed by atoms with Gasteiger partial charge in [-0.15, -0.1) is 0 Å². The molecule has 0 aromatic heterocycles. The van der Waals surface area contributed by atoms with Crippen molar-refractivity contribution in [2.45, 2.75) is 56.7 Å². The summed E-state index contributed by atoms with van der Waals surface area (Å²) < 4.78 is 18.2. The molecule has 0 radical (unpaired) electrons. The first kappa shape index (κ1) is 20.4. The summed E-state index contributed by atoms with van der Waals surface area (Å²) in [6.07, 6.45) is 4.73. The summed E-state index contributed by atoms with van der Waals surface area (Å²) in [6.45, 7) is 0. The Morgan fingerprint density at radius 1 is 1.03 bits per heavy atom. The van der Waals surface area contributed by atoms with E-state index in [1.54, 1.807) is 7.11 Å². The van der Waals surface area contributed by atoms with E-state index < -0.39 is 0 Å². The Morgan fingerprint density at radius 2 is 1.67 bits per heavy atom. The third-order valence-electron chi connectivity index (χ3n) is 6.25. The second kappa shape index (κ2) is 8.86. The number of carbonyl (C=O) groups is 2. The maximum Gasteiger partial charge on any atom is 0.251 e. The number of piperidine rings is 1. The summed E-state index contributed by atoms with van der Waals surface area (Å²) in [7, 11) is 1.64. The van der Waals surface area contributed by atoms with Crippen LogP contribution in [0.4, 0.5) is 4.39 Å². The van der Waals surface area contributed by atoms with Gasteiger partial charge in [-0.05, 0) is 74.1 Å². The number of ether oxygens (including phenoxy) is 1. The highest BCUT2D eigenvalue weighted by atomic mass is 19.1. The minimum Gasteiger partial charge on any atom is -0.497 e. The van der Waals surface area contributed by atoms with Gasteiger partial charge in [0, 0.05) is 30.1 Å². The highest BCUT2D eigenvalue weighted by molar-refractivity contribution is 5.94. The molecule has 2 atom stereocenters. The van der Waals surface area contributed by atoms with Crippen molar-refractivity contribution in [2.24, 2.45) is 0 Å². The zero-order chi connectivity index (χ0) is 21.1. The lowest BCUT2D eigenvalue weighted by Gasteiger charge is -2.39. The molecule has 5 nitrogen and oxygen atoms in total. The number of methoxy groups -OCH3 is 1. The first-order chi connectivity index (χ1) is 14.5. The zero-order valence-corrected chi connectivity index (χ0v) is 17.1. The van der Waals surface area contributed by atoms with Gasteiger partial charge in [-0.25, -0.2) is 4.39 Å². The lowest BCUT2D eigenvalue weighted by atomic mass is 9.96. The summed E-state index contributed by atoms with van der Waals surface area (Å²) in [5.74, 6) is 0.472. The standard InChI is InChI=1S/C24H27FN2O3/c1-30-22-11-2-16(3-12-22)4-13-23(28)27-20-9-10-21(27)15-19(14-20)26-24(29)17-5-7-18(25)8-6-17/h2-3,5-8,11-12,19-21H,4,9-10,13-15H2,1H3,(H,26,29). The summed E-state index contributed by atoms with van der Waals surface area (Å²) in [6, 6.07) is 13.8. The van der Waals surface area contributed by atoms with Gasteiger partial charge in [0.2, 0.25) is 5.91 Å². The smallest absolute Gasteiger partial charge is 0.251 e. The Balaban J connectivity index is 1.31. The summed E-state index contributed by atoms with van der Waals surface area (Å²) >= 11 is 0. The van der Waals surface area contributed by atoms with E-state index in [0.29, 0.717) is 18.4 Å². The van der Waals surface area contributed by atoms with Crippen LogP contribution < -0.4 is 10.1 Å². The molecule has 2 amide bonds. The molecule has 0 aliphatic carbocycles. The molecule has 2 aromatic carbocycles. The van der Waals surface area contributed by atoms with Crippen molar-refractivity contribution in [1.29, 1.82) is 0 Å². The Labute approximate surface area is 176 Å². The third kappa shape index (κ3) is 4.48. The number of nitrogens with zero attached hydrogens (tertiary/aromatic N) is 1. The molecule has 2 heterocycles. The fraction of sp³-hybridized carbons (Fsp3) is 0.417. The van der Waals surface area contributed by atoms with Crippen LogP contribution in [-0.2, 0) is 11.2 Å². The van der Waals surface area contributed by atoms with Crippen molar-refractivity contribution in [1.82, 2.24) is 10.2 Å². The fourth-order valence-electron chi connectivity index (χ4n) is 4.74. The molecule has 30 heavy (non-hydrogen) atoms. The average Bonchev–Trinajstić information content (AvgIpc) is 3.03. The quantitative estimate of drug-likeness (QED) is 0.790. The highest BCUT2D eigenvalue weighted by Crippen LogP contribution is 2.36. The largest absolute Gasteiger partial charge is 0.497 e. The minimum absolute atomic E-state index is 0.0469. The topological polar surface area (TPSA) is 58.6 Å². The molecule has 0 saturated carbocycles. The van der Waals surface area contributed by atoms with Crippen molar-refractivity contribution >= 4 is 11.8 Å². The van der Waals surface area contributed by atoms with Gasteiger partial charge in [0.25, 0.3) is 5.91 Å². The molecule has 2 aliphatic rings. The number of hydrogen-bond donors (Lipinski definition) is 1. The van der Waals surface area contributed by atoms with E-state index in [9.17, 15) is 14.0 Å². The predicted molar refractivity (Wildman–Crippen MR) is 112 cm³/mol. The molecular weight excluding hydrogens is 383 g/mol. The van der Waals surface area contributed by atoms with E-state index in [2.05, 4.69) is 10.2 Å². The molecule has 2 fully saturated rings. The van der Waals surface area contributed by atoms with Crippen LogP contribution in [0.5, 0.6) is 5.75 Å². The van der Waals surface area contributed by atoms with Gasteiger partial charge in [-0.3, -0.25) is 9.59 Å².